The van der Waals surface area contributed by atoms with Crippen LogP contribution in [0.15, 0.2) is 53.6 Å². The Balaban J connectivity index is 1.37. The lowest BCUT2D eigenvalue weighted by Crippen LogP contribution is -2.44. The van der Waals surface area contributed by atoms with E-state index in [1.165, 1.54) is 16.5 Å². The molecular formula is C23H25N3O3. The van der Waals surface area contributed by atoms with Gasteiger partial charge in [-0.2, -0.15) is 0 Å². The van der Waals surface area contributed by atoms with E-state index >= 15 is 0 Å². The smallest absolute Gasteiger partial charge is 0.261 e. The van der Waals surface area contributed by atoms with Crippen LogP contribution in [0.5, 0.6) is 5.75 Å². The molecule has 0 atom stereocenters. The first-order chi connectivity index (χ1) is 14.0. The molecule has 3 aromatic rings. The van der Waals surface area contributed by atoms with Gasteiger partial charge < -0.3 is 9.64 Å². The number of rotatable bonds is 4. The van der Waals surface area contributed by atoms with E-state index in [2.05, 4.69) is 30.1 Å². The van der Waals surface area contributed by atoms with E-state index in [4.69, 9.17) is 4.74 Å². The van der Waals surface area contributed by atoms with Crippen LogP contribution in [0.3, 0.4) is 0 Å². The number of benzene rings is 2. The van der Waals surface area contributed by atoms with Crippen LogP contribution in [0, 0.1) is 13.8 Å². The molecule has 0 unspecified atom stereocenters. The van der Waals surface area contributed by atoms with Crippen molar-refractivity contribution < 1.29 is 9.53 Å². The van der Waals surface area contributed by atoms with Crippen LogP contribution in [0.4, 0.5) is 0 Å². The van der Waals surface area contributed by atoms with Gasteiger partial charge in [0.15, 0.2) is 0 Å². The number of likely N-dealkylation sites (tertiary alicyclic amines) is 1. The highest BCUT2D eigenvalue weighted by Crippen LogP contribution is 2.24. The molecular weight excluding hydrogens is 366 g/mol. The Morgan fingerprint density at radius 1 is 1.14 bits per heavy atom. The summed E-state index contributed by atoms with van der Waals surface area (Å²) in [7, 11) is 0. The van der Waals surface area contributed by atoms with E-state index in [9.17, 15) is 9.59 Å². The van der Waals surface area contributed by atoms with Crippen molar-refractivity contribution >= 4 is 16.8 Å². The summed E-state index contributed by atoms with van der Waals surface area (Å²) >= 11 is 0. The minimum absolute atomic E-state index is 0.0131. The van der Waals surface area contributed by atoms with E-state index < -0.39 is 0 Å². The zero-order valence-corrected chi connectivity index (χ0v) is 16.8. The molecule has 2 aromatic carbocycles. The molecule has 1 fully saturated rings. The highest BCUT2D eigenvalue weighted by atomic mass is 16.5. The van der Waals surface area contributed by atoms with Crippen molar-refractivity contribution in [2.75, 3.05) is 13.1 Å². The minimum Gasteiger partial charge on any atom is -0.490 e. The number of aryl methyl sites for hydroxylation is 2. The Morgan fingerprint density at radius 2 is 1.90 bits per heavy atom. The highest BCUT2D eigenvalue weighted by molar-refractivity contribution is 5.79. The molecule has 1 aromatic heterocycles. The third-order valence-corrected chi connectivity index (χ3v) is 5.47. The van der Waals surface area contributed by atoms with Crippen LogP contribution in [-0.2, 0) is 11.3 Å². The van der Waals surface area contributed by atoms with Gasteiger partial charge in [-0.05, 0) is 43.2 Å². The van der Waals surface area contributed by atoms with Crippen LogP contribution in [0.2, 0.25) is 0 Å². The second kappa shape index (κ2) is 8.07. The van der Waals surface area contributed by atoms with Gasteiger partial charge in [0.2, 0.25) is 5.91 Å². The van der Waals surface area contributed by atoms with E-state index in [0.29, 0.717) is 24.0 Å². The number of fused-ring (bicyclic) bond motifs is 1. The number of hydrogen-bond donors (Lipinski definition) is 0. The first-order valence-corrected chi connectivity index (χ1v) is 9.97. The summed E-state index contributed by atoms with van der Waals surface area (Å²) in [6.07, 6.45) is 3.12. The van der Waals surface area contributed by atoms with Gasteiger partial charge in [-0.15, -0.1) is 0 Å². The predicted octanol–water partition coefficient (Wildman–Crippen LogP) is 3.08. The molecule has 0 radical (unpaired) electrons. The Morgan fingerprint density at radius 3 is 2.69 bits per heavy atom. The molecule has 150 valence electrons. The lowest BCUT2D eigenvalue weighted by atomic mass is 10.1. The molecule has 6 nitrogen and oxygen atoms in total. The molecule has 1 saturated heterocycles. The first kappa shape index (κ1) is 19.2. The maximum atomic E-state index is 12.7. The fraction of sp³-hybridized carbons (Fsp3) is 0.348. The van der Waals surface area contributed by atoms with Crippen molar-refractivity contribution in [2.24, 2.45) is 0 Å². The summed E-state index contributed by atoms with van der Waals surface area (Å²) in [6.45, 7) is 5.37. The van der Waals surface area contributed by atoms with Gasteiger partial charge in [0, 0.05) is 25.9 Å². The summed E-state index contributed by atoms with van der Waals surface area (Å²) in [6, 6.07) is 13.4. The Hall–Kier alpha value is -3.15. The van der Waals surface area contributed by atoms with Crippen molar-refractivity contribution in [1.29, 1.82) is 0 Å². The van der Waals surface area contributed by atoms with Gasteiger partial charge in [0.1, 0.15) is 18.4 Å². The topological polar surface area (TPSA) is 64.4 Å². The van der Waals surface area contributed by atoms with E-state index in [0.717, 1.165) is 24.2 Å². The summed E-state index contributed by atoms with van der Waals surface area (Å²) in [4.78, 5) is 31.4. The fourth-order valence-electron chi connectivity index (χ4n) is 3.70. The Labute approximate surface area is 169 Å². The van der Waals surface area contributed by atoms with E-state index in [1.807, 2.05) is 17.9 Å². The van der Waals surface area contributed by atoms with E-state index in [1.54, 1.807) is 18.2 Å². The molecule has 29 heavy (non-hydrogen) atoms. The number of ether oxygens (including phenoxy) is 1. The highest BCUT2D eigenvalue weighted by Gasteiger charge is 2.24. The number of nitrogens with zero attached hydrogens (tertiary/aromatic N) is 3. The maximum Gasteiger partial charge on any atom is 0.261 e. The molecule has 0 N–H and O–H groups in total. The average Bonchev–Trinajstić information content (AvgIpc) is 2.73. The van der Waals surface area contributed by atoms with Crippen LogP contribution >= 0.6 is 0 Å². The summed E-state index contributed by atoms with van der Waals surface area (Å²) < 4.78 is 7.57. The molecule has 1 aliphatic heterocycles. The van der Waals surface area contributed by atoms with Gasteiger partial charge >= 0.3 is 0 Å². The number of amides is 1. The molecule has 0 aliphatic carbocycles. The summed E-state index contributed by atoms with van der Waals surface area (Å²) in [5.74, 6) is 0.859. The molecule has 1 amide bonds. The lowest BCUT2D eigenvalue weighted by molar-refractivity contribution is -0.133. The zero-order valence-electron chi connectivity index (χ0n) is 16.8. The molecule has 0 bridgehead atoms. The molecule has 0 spiro atoms. The van der Waals surface area contributed by atoms with Crippen LogP contribution in [0.25, 0.3) is 10.9 Å². The van der Waals surface area contributed by atoms with Gasteiger partial charge in [-0.25, -0.2) is 4.98 Å². The quantitative estimate of drug-likeness (QED) is 0.686. The molecule has 6 heteroatoms. The molecule has 4 rings (SSSR count). The van der Waals surface area contributed by atoms with Gasteiger partial charge in [-0.3, -0.25) is 14.2 Å². The third-order valence-electron chi connectivity index (χ3n) is 5.47. The van der Waals surface area contributed by atoms with E-state index in [-0.39, 0.29) is 24.1 Å². The summed E-state index contributed by atoms with van der Waals surface area (Å²) in [5, 5.41) is 0.531. The van der Waals surface area contributed by atoms with Gasteiger partial charge in [0.05, 0.1) is 17.2 Å². The number of hydrogen-bond acceptors (Lipinski definition) is 4. The Kier molecular flexibility index (Phi) is 5.34. The number of para-hydroxylation sites is 1. The lowest BCUT2D eigenvalue weighted by Gasteiger charge is -2.32. The minimum atomic E-state index is -0.183. The zero-order chi connectivity index (χ0) is 20.4. The van der Waals surface area contributed by atoms with Crippen molar-refractivity contribution in [2.45, 2.75) is 39.3 Å². The van der Waals surface area contributed by atoms with Crippen molar-refractivity contribution in [3.63, 3.8) is 0 Å². The average molecular weight is 391 g/mol. The van der Waals surface area contributed by atoms with Gasteiger partial charge in [-0.1, -0.05) is 24.3 Å². The maximum absolute atomic E-state index is 12.7. The predicted molar refractivity (Wildman–Crippen MR) is 112 cm³/mol. The molecule has 2 heterocycles. The monoisotopic (exact) mass is 391 g/mol. The molecule has 1 aliphatic rings. The third kappa shape index (κ3) is 4.16. The van der Waals surface area contributed by atoms with Crippen molar-refractivity contribution in [1.82, 2.24) is 14.5 Å². The van der Waals surface area contributed by atoms with Crippen LogP contribution in [-0.4, -0.2) is 39.6 Å². The van der Waals surface area contributed by atoms with Crippen LogP contribution in [0.1, 0.15) is 24.0 Å². The standard InChI is InChI=1S/C23H25N3O3/c1-16-7-8-17(2)21(13-16)29-18-9-11-25(12-10-18)22(27)14-26-15-24-20-6-4-3-5-19(20)23(26)28/h3-8,13,15,18H,9-12,14H2,1-2H3. The number of piperidine rings is 1. The van der Waals surface area contributed by atoms with Crippen molar-refractivity contribution in [3.05, 3.63) is 70.3 Å². The Bertz CT molecular complexity index is 1100. The van der Waals surface area contributed by atoms with Crippen LogP contribution < -0.4 is 10.3 Å². The first-order valence-electron chi connectivity index (χ1n) is 9.97. The number of aromatic nitrogens is 2. The normalized spacial score (nSPS) is 14.9. The van der Waals surface area contributed by atoms with Crippen molar-refractivity contribution in [3.8, 4) is 5.75 Å². The fourth-order valence-corrected chi connectivity index (χ4v) is 3.70. The number of carbonyl (C=O) groups is 1. The summed E-state index contributed by atoms with van der Waals surface area (Å²) in [5.41, 5.74) is 2.76. The SMILES string of the molecule is Cc1ccc(C)c(OC2CCN(C(=O)Cn3cnc4ccccc4c3=O)CC2)c1. The molecule has 0 saturated carbocycles. The van der Waals surface area contributed by atoms with Gasteiger partial charge in [0.25, 0.3) is 5.56 Å². The second-order valence-corrected chi connectivity index (χ2v) is 7.66. The second-order valence-electron chi connectivity index (χ2n) is 7.66. The largest absolute Gasteiger partial charge is 0.490 e. The number of carbonyl (C=O) groups excluding carboxylic acids is 1.